The first-order valence-corrected chi connectivity index (χ1v) is 8.15. The summed E-state index contributed by atoms with van der Waals surface area (Å²) in [4.78, 5) is 17.9. The van der Waals surface area contributed by atoms with Gasteiger partial charge in [-0.25, -0.2) is 4.98 Å². The quantitative estimate of drug-likeness (QED) is 0.848. The zero-order valence-electron chi connectivity index (χ0n) is 11.6. The van der Waals surface area contributed by atoms with Crippen LogP contribution in [0.5, 0.6) is 0 Å². The van der Waals surface area contributed by atoms with E-state index in [0.29, 0.717) is 16.5 Å². The highest BCUT2D eigenvalue weighted by molar-refractivity contribution is 7.10. The monoisotopic (exact) mass is 321 g/mol. The molecule has 2 N–H and O–H groups in total. The van der Waals surface area contributed by atoms with Gasteiger partial charge in [0, 0.05) is 17.5 Å². The summed E-state index contributed by atoms with van der Waals surface area (Å²) >= 11 is 7.72. The van der Waals surface area contributed by atoms with Gasteiger partial charge in [-0.3, -0.25) is 4.79 Å². The second kappa shape index (κ2) is 6.03. The summed E-state index contributed by atoms with van der Waals surface area (Å²) in [6.07, 6.45) is 3.20. The van der Waals surface area contributed by atoms with Crippen LogP contribution in [0.25, 0.3) is 0 Å². The molecule has 0 bridgehead atoms. The van der Waals surface area contributed by atoms with Crippen molar-refractivity contribution >= 4 is 34.7 Å². The van der Waals surface area contributed by atoms with Crippen molar-refractivity contribution in [2.75, 3.05) is 12.4 Å². The molecule has 110 valence electrons. The Morgan fingerprint density at radius 3 is 3.14 bits per heavy atom. The molecule has 21 heavy (non-hydrogen) atoms. The van der Waals surface area contributed by atoms with E-state index in [1.165, 1.54) is 10.4 Å². The van der Waals surface area contributed by atoms with Crippen LogP contribution in [0, 0.1) is 0 Å². The standard InChI is InChI=1S/C15H16ClN3OS/c1-17-14-8-9(7-13(16)19-14)15(20)18-11-3-2-4-12-10(11)5-6-21-12/h5-8,11H,2-4H2,1H3,(H,17,19)(H,18,20). The van der Waals surface area contributed by atoms with Crippen molar-refractivity contribution in [2.45, 2.75) is 25.3 Å². The largest absolute Gasteiger partial charge is 0.373 e. The number of nitrogens with one attached hydrogen (secondary N) is 2. The van der Waals surface area contributed by atoms with Gasteiger partial charge < -0.3 is 10.6 Å². The summed E-state index contributed by atoms with van der Waals surface area (Å²) in [7, 11) is 1.75. The molecule has 4 nitrogen and oxygen atoms in total. The van der Waals surface area contributed by atoms with Gasteiger partial charge in [-0.2, -0.15) is 0 Å². The van der Waals surface area contributed by atoms with Crippen LogP contribution in [0.15, 0.2) is 23.6 Å². The first-order chi connectivity index (χ1) is 10.2. The number of hydrogen-bond acceptors (Lipinski definition) is 4. The average Bonchev–Trinajstić information content (AvgIpc) is 2.96. The van der Waals surface area contributed by atoms with Crippen molar-refractivity contribution in [3.05, 3.63) is 44.7 Å². The van der Waals surface area contributed by atoms with Crippen LogP contribution in [-0.2, 0) is 6.42 Å². The van der Waals surface area contributed by atoms with Crippen LogP contribution in [0.4, 0.5) is 5.82 Å². The zero-order chi connectivity index (χ0) is 14.8. The lowest BCUT2D eigenvalue weighted by atomic mass is 9.94. The molecule has 3 rings (SSSR count). The lowest BCUT2D eigenvalue weighted by Gasteiger charge is -2.23. The first-order valence-electron chi connectivity index (χ1n) is 6.90. The third-order valence-electron chi connectivity index (χ3n) is 3.67. The summed E-state index contributed by atoms with van der Waals surface area (Å²) in [5, 5.41) is 8.42. The third kappa shape index (κ3) is 3.04. The van der Waals surface area contributed by atoms with Crippen molar-refractivity contribution in [3.8, 4) is 0 Å². The van der Waals surface area contributed by atoms with Crippen molar-refractivity contribution in [2.24, 2.45) is 0 Å². The highest BCUT2D eigenvalue weighted by Crippen LogP contribution is 2.33. The van der Waals surface area contributed by atoms with E-state index in [1.807, 2.05) is 0 Å². The van der Waals surface area contributed by atoms with Gasteiger partial charge in [-0.05, 0) is 48.4 Å². The molecular formula is C15H16ClN3OS. The Morgan fingerprint density at radius 2 is 2.33 bits per heavy atom. The predicted molar refractivity (Wildman–Crippen MR) is 86.3 cm³/mol. The molecule has 0 saturated heterocycles. The van der Waals surface area contributed by atoms with Gasteiger partial charge in [0.2, 0.25) is 0 Å². The lowest BCUT2D eigenvalue weighted by Crippen LogP contribution is -2.30. The fourth-order valence-corrected chi connectivity index (χ4v) is 3.83. The van der Waals surface area contributed by atoms with Crippen LogP contribution >= 0.6 is 22.9 Å². The van der Waals surface area contributed by atoms with Crippen LogP contribution in [0.3, 0.4) is 0 Å². The topological polar surface area (TPSA) is 54.0 Å². The maximum Gasteiger partial charge on any atom is 0.252 e. The molecule has 1 atom stereocenters. The molecule has 0 aliphatic heterocycles. The van der Waals surface area contributed by atoms with E-state index in [2.05, 4.69) is 27.1 Å². The van der Waals surface area contributed by atoms with Crippen LogP contribution < -0.4 is 10.6 Å². The number of pyridine rings is 1. The van der Waals surface area contributed by atoms with Crippen LogP contribution in [0.2, 0.25) is 5.15 Å². The Labute approximate surface area is 132 Å². The number of fused-ring (bicyclic) bond motifs is 1. The number of aromatic nitrogens is 1. The van der Waals surface area contributed by atoms with E-state index in [1.54, 1.807) is 30.5 Å². The number of aryl methyl sites for hydroxylation is 1. The lowest BCUT2D eigenvalue weighted by molar-refractivity contribution is 0.0933. The molecular weight excluding hydrogens is 306 g/mol. The molecule has 0 aromatic carbocycles. The number of carbonyl (C=O) groups is 1. The predicted octanol–water partition coefficient (Wildman–Crippen LogP) is 3.65. The van der Waals surface area contributed by atoms with Crippen molar-refractivity contribution < 1.29 is 4.79 Å². The maximum absolute atomic E-state index is 12.4. The minimum Gasteiger partial charge on any atom is -0.373 e. The second-order valence-electron chi connectivity index (χ2n) is 5.03. The van der Waals surface area contributed by atoms with E-state index >= 15 is 0 Å². The van der Waals surface area contributed by atoms with Gasteiger partial charge in [0.1, 0.15) is 11.0 Å². The first kappa shape index (κ1) is 14.4. The molecule has 6 heteroatoms. The van der Waals surface area contributed by atoms with Crippen molar-refractivity contribution in [3.63, 3.8) is 0 Å². The second-order valence-corrected chi connectivity index (χ2v) is 6.42. The number of halogens is 1. The van der Waals surface area contributed by atoms with E-state index < -0.39 is 0 Å². The number of rotatable bonds is 3. The number of amides is 1. The van der Waals surface area contributed by atoms with Crippen molar-refractivity contribution in [1.29, 1.82) is 0 Å². The Bertz CT molecular complexity index is 671. The molecule has 1 amide bonds. The van der Waals surface area contributed by atoms with E-state index in [-0.39, 0.29) is 11.9 Å². The number of carbonyl (C=O) groups excluding carboxylic acids is 1. The Morgan fingerprint density at radius 1 is 1.48 bits per heavy atom. The molecule has 2 aromatic heterocycles. The Balaban J connectivity index is 1.80. The molecule has 0 spiro atoms. The Kier molecular flexibility index (Phi) is 4.12. The minimum absolute atomic E-state index is 0.0949. The molecule has 1 aliphatic carbocycles. The molecule has 0 fully saturated rings. The van der Waals surface area contributed by atoms with Gasteiger partial charge >= 0.3 is 0 Å². The van der Waals surface area contributed by atoms with Gasteiger partial charge in [0.05, 0.1) is 6.04 Å². The summed E-state index contributed by atoms with van der Waals surface area (Å²) in [5.74, 6) is 0.479. The molecule has 2 aromatic rings. The Hall–Kier alpha value is -1.59. The smallest absolute Gasteiger partial charge is 0.252 e. The maximum atomic E-state index is 12.4. The highest BCUT2D eigenvalue weighted by atomic mass is 35.5. The molecule has 1 aliphatic rings. The van der Waals surface area contributed by atoms with Crippen molar-refractivity contribution in [1.82, 2.24) is 10.3 Å². The van der Waals surface area contributed by atoms with E-state index in [9.17, 15) is 4.79 Å². The number of thiophene rings is 1. The summed E-state index contributed by atoms with van der Waals surface area (Å²) in [6.45, 7) is 0. The normalized spacial score (nSPS) is 17.1. The van der Waals surface area contributed by atoms with Gasteiger partial charge in [-0.1, -0.05) is 11.6 Å². The third-order valence-corrected chi connectivity index (χ3v) is 4.86. The zero-order valence-corrected chi connectivity index (χ0v) is 13.2. The molecule has 2 heterocycles. The number of hydrogen-bond donors (Lipinski definition) is 2. The number of nitrogens with zero attached hydrogens (tertiary/aromatic N) is 1. The van der Waals surface area contributed by atoms with Crippen LogP contribution in [0.1, 0.15) is 39.7 Å². The van der Waals surface area contributed by atoms with E-state index in [4.69, 9.17) is 11.6 Å². The fourth-order valence-electron chi connectivity index (χ4n) is 2.63. The van der Waals surface area contributed by atoms with Crippen LogP contribution in [-0.4, -0.2) is 17.9 Å². The summed E-state index contributed by atoms with van der Waals surface area (Å²) < 4.78 is 0. The summed E-state index contributed by atoms with van der Waals surface area (Å²) in [5.41, 5.74) is 1.79. The summed E-state index contributed by atoms with van der Waals surface area (Å²) in [6, 6.07) is 5.51. The van der Waals surface area contributed by atoms with Gasteiger partial charge in [0.25, 0.3) is 5.91 Å². The molecule has 0 saturated carbocycles. The van der Waals surface area contributed by atoms with Gasteiger partial charge in [-0.15, -0.1) is 11.3 Å². The van der Waals surface area contributed by atoms with E-state index in [0.717, 1.165) is 19.3 Å². The molecule has 0 radical (unpaired) electrons. The SMILES string of the molecule is CNc1cc(C(=O)NC2CCCc3sccc32)cc(Cl)n1. The number of anilines is 1. The average molecular weight is 322 g/mol. The molecule has 1 unspecified atom stereocenters. The minimum atomic E-state index is -0.111. The fraction of sp³-hybridized carbons (Fsp3) is 0.333. The highest BCUT2D eigenvalue weighted by Gasteiger charge is 2.23. The van der Waals surface area contributed by atoms with Gasteiger partial charge in [0.15, 0.2) is 0 Å².